The predicted octanol–water partition coefficient (Wildman–Crippen LogP) is 1.90. The molecule has 3 atom stereocenters. The van der Waals surface area contributed by atoms with Crippen molar-refractivity contribution < 1.29 is 4.79 Å². The maximum absolute atomic E-state index is 11.5. The maximum atomic E-state index is 11.5. The summed E-state index contributed by atoms with van der Waals surface area (Å²) in [4.78, 5) is 13.9. The molecule has 1 heterocycles. The number of nitrogens with two attached hydrogens (primary N) is 1. The van der Waals surface area contributed by atoms with Gasteiger partial charge in [-0.25, -0.2) is 0 Å². The molecule has 0 aromatic carbocycles. The number of primary amides is 1. The van der Waals surface area contributed by atoms with Crippen LogP contribution in [0, 0.1) is 5.92 Å². The van der Waals surface area contributed by atoms with Crippen molar-refractivity contribution in [3.63, 3.8) is 0 Å². The molecule has 92 valence electrons. The van der Waals surface area contributed by atoms with E-state index in [2.05, 4.69) is 11.8 Å². The Labute approximate surface area is 98.4 Å². The largest absolute Gasteiger partial charge is 0.368 e. The fourth-order valence-corrected chi connectivity index (χ4v) is 3.65. The van der Waals surface area contributed by atoms with E-state index in [0.717, 1.165) is 18.9 Å². The van der Waals surface area contributed by atoms with Crippen molar-refractivity contribution in [3.8, 4) is 0 Å². The van der Waals surface area contributed by atoms with E-state index in [0.29, 0.717) is 6.04 Å². The van der Waals surface area contributed by atoms with E-state index in [1.807, 2.05) is 0 Å². The first-order valence-corrected chi connectivity index (χ1v) is 6.79. The molecule has 3 heteroatoms. The van der Waals surface area contributed by atoms with Gasteiger partial charge in [0.25, 0.3) is 0 Å². The van der Waals surface area contributed by atoms with Crippen molar-refractivity contribution in [3.05, 3.63) is 0 Å². The number of piperidine rings is 1. The van der Waals surface area contributed by atoms with Crippen LogP contribution in [0.25, 0.3) is 0 Å². The van der Waals surface area contributed by atoms with Crippen molar-refractivity contribution in [1.82, 2.24) is 4.90 Å². The highest BCUT2D eigenvalue weighted by Crippen LogP contribution is 2.36. The first-order chi connectivity index (χ1) is 7.74. The average molecular weight is 224 g/mol. The van der Waals surface area contributed by atoms with E-state index in [-0.39, 0.29) is 11.9 Å². The molecular formula is C13H24N2O. The van der Waals surface area contributed by atoms with Crippen molar-refractivity contribution in [2.24, 2.45) is 11.7 Å². The summed E-state index contributed by atoms with van der Waals surface area (Å²) in [5.74, 6) is 0.699. The highest BCUT2D eigenvalue weighted by molar-refractivity contribution is 5.79. The number of carbonyl (C=O) groups excluding carboxylic acids is 1. The van der Waals surface area contributed by atoms with Gasteiger partial charge in [0.1, 0.15) is 0 Å². The normalized spacial score (nSPS) is 33.1. The summed E-state index contributed by atoms with van der Waals surface area (Å²) >= 11 is 0. The highest BCUT2D eigenvalue weighted by Gasteiger charge is 2.37. The third-order valence-electron chi connectivity index (χ3n) is 4.40. The lowest BCUT2D eigenvalue weighted by atomic mass is 9.77. The molecule has 2 fully saturated rings. The Kier molecular flexibility index (Phi) is 3.85. The fourth-order valence-electron chi connectivity index (χ4n) is 3.65. The second kappa shape index (κ2) is 5.17. The summed E-state index contributed by atoms with van der Waals surface area (Å²) in [7, 11) is 0. The van der Waals surface area contributed by atoms with Crippen LogP contribution in [0.15, 0.2) is 0 Å². The van der Waals surface area contributed by atoms with Crippen molar-refractivity contribution in [2.75, 3.05) is 6.54 Å². The smallest absolute Gasteiger partial charge is 0.234 e. The van der Waals surface area contributed by atoms with Gasteiger partial charge in [-0.15, -0.1) is 0 Å². The lowest BCUT2D eigenvalue weighted by molar-refractivity contribution is -0.126. The minimum atomic E-state index is -0.131. The predicted molar refractivity (Wildman–Crippen MR) is 65.0 cm³/mol. The molecule has 2 N–H and O–H groups in total. The van der Waals surface area contributed by atoms with Crippen LogP contribution in [0.5, 0.6) is 0 Å². The number of hydrogen-bond donors (Lipinski definition) is 1. The number of amides is 1. The number of fused-ring (bicyclic) bond motifs is 1. The average Bonchev–Trinajstić information content (AvgIpc) is 2.30. The molecule has 1 saturated heterocycles. The van der Waals surface area contributed by atoms with Gasteiger partial charge in [-0.05, 0) is 44.6 Å². The number of nitrogens with zero attached hydrogens (tertiary/aromatic N) is 1. The Balaban J connectivity index is 2.09. The summed E-state index contributed by atoms with van der Waals surface area (Å²) in [5.41, 5.74) is 5.52. The van der Waals surface area contributed by atoms with E-state index in [1.54, 1.807) is 0 Å². The second-order valence-electron chi connectivity index (χ2n) is 5.32. The summed E-state index contributed by atoms with van der Waals surface area (Å²) in [6, 6.07) is 0.617. The van der Waals surface area contributed by atoms with Gasteiger partial charge >= 0.3 is 0 Å². The molecule has 1 aliphatic heterocycles. The number of likely N-dealkylation sites (tertiary alicyclic amines) is 1. The summed E-state index contributed by atoms with van der Waals surface area (Å²) in [6.45, 7) is 3.14. The first kappa shape index (κ1) is 11.9. The van der Waals surface area contributed by atoms with Crippen LogP contribution in [0.3, 0.4) is 0 Å². The van der Waals surface area contributed by atoms with Gasteiger partial charge < -0.3 is 5.73 Å². The SMILES string of the molecule is CCC(C(N)=O)N1CCC[C@H]2CCCC[C@H]21. The number of carbonyl (C=O) groups is 1. The Bertz CT molecular complexity index is 252. The van der Waals surface area contributed by atoms with Gasteiger partial charge in [0, 0.05) is 6.04 Å². The molecule has 3 nitrogen and oxygen atoms in total. The third kappa shape index (κ3) is 2.24. The summed E-state index contributed by atoms with van der Waals surface area (Å²) in [6.07, 6.45) is 8.79. The zero-order valence-electron chi connectivity index (χ0n) is 10.3. The van der Waals surface area contributed by atoms with Crippen molar-refractivity contribution in [1.29, 1.82) is 0 Å². The van der Waals surface area contributed by atoms with Crippen LogP contribution >= 0.6 is 0 Å². The van der Waals surface area contributed by atoms with Gasteiger partial charge in [0.2, 0.25) is 5.91 Å². The molecular weight excluding hydrogens is 200 g/mol. The standard InChI is InChI=1S/C13H24N2O/c1-2-11(13(14)16)15-9-5-7-10-6-3-4-8-12(10)15/h10-12H,2-9H2,1H3,(H2,14,16)/t10-,11?,12-/m1/s1. The lowest BCUT2D eigenvalue weighted by Crippen LogP contribution is -2.55. The minimum absolute atomic E-state index is 0.0223. The van der Waals surface area contributed by atoms with Crippen LogP contribution in [0.2, 0.25) is 0 Å². The van der Waals surface area contributed by atoms with E-state index in [1.165, 1.54) is 38.5 Å². The quantitative estimate of drug-likeness (QED) is 0.796. The van der Waals surface area contributed by atoms with Gasteiger partial charge in [0.05, 0.1) is 6.04 Å². The van der Waals surface area contributed by atoms with Crippen LogP contribution in [0.1, 0.15) is 51.9 Å². The van der Waals surface area contributed by atoms with E-state index in [4.69, 9.17) is 5.73 Å². The van der Waals surface area contributed by atoms with Gasteiger partial charge in [-0.1, -0.05) is 19.8 Å². The molecule has 0 spiro atoms. The van der Waals surface area contributed by atoms with Gasteiger partial charge in [-0.2, -0.15) is 0 Å². The summed E-state index contributed by atoms with van der Waals surface area (Å²) in [5, 5.41) is 0. The molecule has 0 aromatic heterocycles. The van der Waals surface area contributed by atoms with Gasteiger partial charge in [0.15, 0.2) is 0 Å². The Morgan fingerprint density at radius 3 is 2.69 bits per heavy atom. The van der Waals surface area contributed by atoms with E-state index < -0.39 is 0 Å². The molecule has 1 amide bonds. The molecule has 0 radical (unpaired) electrons. The number of hydrogen-bond acceptors (Lipinski definition) is 2. The molecule has 1 unspecified atom stereocenters. The maximum Gasteiger partial charge on any atom is 0.234 e. The van der Waals surface area contributed by atoms with Crippen LogP contribution in [0.4, 0.5) is 0 Å². The van der Waals surface area contributed by atoms with Crippen LogP contribution < -0.4 is 5.73 Å². The molecule has 1 saturated carbocycles. The van der Waals surface area contributed by atoms with Crippen molar-refractivity contribution >= 4 is 5.91 Å². The molecule has 2 rings (SSSR count). The Morgan fingerprint density at radius 1 is 1.31 bits per heavy atom. The van der Waals surface area contributed by atoms with Crippen molar-refractivity contribution in [2.45, 2.75) is 64.0 Å². The summed E-state index contributed by atoms with van der Waals surface area (Å²) < 4.78 is 0. The third-order valence-corrected chi connectivity index (χ3v) is 4.40. The lowest BCUT2D eigenvalue weighted by Gasteiger charge is -2.46. The fraction of sp³-hybridized carbons (Fsp3) is 0.923. The topological polar surface area (TPSA) is 46.3 Å². The number of rotatable bonds is 3. The van der Waals surface area contributed by atoms with Gasteiger partial charge in [-0.3, -0.25) is 9.69 Å². The molecule has 0 bridgehead atoms. The molecule has 2 aliphatic rings. The zero-order chi connectivity index (χ0) is 11.5. The molecule has 1 aliphatic carbocycles. The van der Waals surface area contributed by atoms with Crippen LogP contribution in [-0.2, 0) is 4.79 Å². The zero-order valence-corrected chi connectivity index (χ0v) is 10.3. The van der Waals surface area contributed by atoms with E-state index >= 15 is 0 Å². The monoisotopic (exact) mass is 224 g/mol. The van der Waals surface area contributed by atoms with Crippen LogP contribution in [-0.4, -0.2) is 29.4 Å². The van der Waals surface area contributed by atoms with E-state index in [9.17, 15) is 4.79 Å². The second-order valence-corrected chi connectivity index (χ2v) is 5.32. The Morgan fingerprint density at radius 2 is 2.00 bits per heavy atom. The molecule has 16 heavy (non-hydrogen) atoms. The Hall–Kier alpha value is -0.570. The first-order valence-electron chi connectivity index (χ1n) is 6.79. The molecule has 0 aromatic rings. The minimum Gasteiger partial charge on any atom is -0.368 e. The highest BCUT2D eigenvalue weighted by atomic mass is 16.1.